The van der Waals surface area contributed by atoms with Gasteiger partial charge in [-0.05, 0) is 58.2 Å². The van der Waals surface area contributed by atoms with Crippen molar-refractivity contribution in [2.75, 3.05) is 5.73 Å². The van der Waals surface area contributed by atoms with Crippen molar-refractivity contribution in [3.63, 3.8) is 0 Å². The summed E-state index contributed by atoms with van der Waals surface area (Å²) in [5.74, 6) is -0.937. The third kappa shape index (κ3) is 2.35. The maximum Gasteiger partial charge on any atom is 0.125 e. The summed E-state index contributed by atoms with van der Waals surface area (Å²) >= 11 is 9.26. The van der Waals surface area contributed by atoms with Crippen LogP contribution in [-0.4, -0.2) is 0 Å². The first-order valence-electron chi connectivity index (χ1n) is 5.10. The average molecular weight is 333 g/mol. The van der Waals surface area contributed by atoms with E-state index in [9.17, 15) is 8.78 Å². The Hall–Kier alpha value is -1.13. The molecule has 0 heterocycles. The minimum Gasteiger partial charge on any atom is -0.398 e. The molecule has 5 heteroatoms. The van der Waals surface area contributed by atoms with Crippen LogP contribution in [0.25, 0.3) is 11.1 Å². The molecule has 0 spiro atoms. The predicted octanol–water partition coefficient (Wildman–Crippen LogP) is 4.94. The number of halogens is 4. The van der Waals surface area contributed by atoms with Gasteiger partial charge in [-0.3, -0.25) is 0 Å². The van der Waals surface area contributed by atoms with Gasteiger partial charge in [-0.1, -0.05) is 11.6 Å². The van der Waals surface area contributed by atoms with Crippen molar-refractivity contribution in [2.24, 2.45) is 0 Å². The molecule has 0 fully saturated rings. The quantitative estimate of drug-likeness (QED) is 0.581. The highest BCUT2D eigenvalue weighted by Crippen LogP contribution is 2.37. The van der Waals surface area contributed by atoms with Gasteiger partial charge in [0.2, 0.25) is 0 Å². The normalized spacial score (nSPS) is 10.7. The average Bonchev–Trinajstić information content (AvgIpc) is 2.28. The summed E-state index contributed by atoms with van der Waals surface area (Å²) in [7, 11) is 0. The van der Waals surface area contributed by atoms with Crippen LogP contribution in [0.3, 0.4) is 0 Å². The minimum absolute atomic E-state index is 0.307. The maximum atomic E-state index is 13.4. The fraction of sp³-hybridized carbons (Fsp3) is 0.0769. The van der Waals surface area contributed by atoms with Crippen molar-refractivity contribution in [3.8, 4) is 11.1 Å². The molecule has 94 valence electrons. The Morgan fingerprint density at radius 2 is 1.61 bits per heavy atom. The van der Waals surface area contributed by atoms with Crippen LogP contribution in [0.2, 0.25) is 5.02 Å². The van der Waals surface area contributed by atoms with Crippen molar-refractivity contribution < 1.29 is 8.78 Å². The van der Waals surface area contributed by atoms with Crippen molar-refractivity contribution in [1.29, 1.82) is 0 Å². The standard InChI is InChI=1S/C13H9BrClF2N/c1-6-9(2-8(17)5-12(6)18)10-3-7(16)4-11(14)13(10)15/h2-5H,18H2,1H3. The van der Waals surface area contributed by atoms with E-state index in [1.807, 2.05) is 0 Å². The number of hydrogen-bond donors (Lipinski definition) is 1. The molecule has 0 unspecified atom stereocenters. The zero-order valence-corrected chi connectivity index (χ0v) is 11.7. The molecular weight excluding hydrogens is 324 g/mol. The molecule has 18 heavy (non-hydrogen) atoms. The van der Waals surface area contributed by atoms with Gasteiger partial charge in [0.1, 0.15) is 11.6 Å². The van der Waals surface area contributed by atoms with Crippen molar-refractivity contribution in [1.82, 2.24) is 0 Å². The van der Waals surface area contributed by atoms with E-state index < -0.39 is 11.6 Å². The topological polar surface area (TPSA) is 26.0 Å². The van der Waals surface area contributed by atoms with E-state index in [1.165, 1.54) is 24.3 Å². The van der Waals surface area contributed by atoms with Gasteiger partial charge in [-0.25, -0.2) is 8.78 Å². The number of rotatable bonds is 1. The molecular formula is C13H9BrClF2N. The third-order valence-corrected chi connectivity index (χ3v) is 3.96. The number of hydrogen-bond acceptors (Lipinski definition) is 1. The lowest BCUT2D eigenvalue weighted by atomic mass is 9.99. The Kier molecular flexibility index (Phi) is 3.59. The molecule has 0 radical (unpaired) electrons. The summed E-state index contributed by atoms with van der Waals surface area (Å²) in [6.45, 7) is 1.74. The molecule has 2 rings (SSSR count). The molecule has 0 bridgehead atoms. The fourth-order valence-corrected chi connectivity index (χ4v) is 2.38. The number of nitrogens with two attached hydrogens (primary N) is 1. The van der Waals surface area contributed by atoms with Crippen molar-refractivity contribution >= 4 is 33.2 Å². The summed E-state index contributed by atoms with van der Waals surface area (Å²) in [6, 6.07) is 5.03. The molecule has 0 atom stereocenters. The van der Waals surface area contributed by atoms with Gasteiger partial charge < -0.3 is 5.73 Å². The Bertz CT molecular complexity index is 573. The van der Waals surface area contributed by atoms with Crippen LogP contribution in [0.5, 0.6) is 0 Å². The number of nitrogen functional groups attached to an aromatic ring is 1. The highest BCUT2D eigenvalue weighted by atomic mass is 79.9. The van der Waals surface area contributed by atoms with Crippen LogP contribution < -0.4 is 5.73 Å². The van der Waals surface area contributed by atoms with Crippen LogP contribution in [0.4, 0.5) is 14.5 Å². The Labute approximate surface area is 117 Å². The summed E-state index contributed by atoms with van der Waals surface area (Å²) in [5, 5.41) is 0.324. The van der Waals surface area contributed by atoms with Crippen LogP contribution in [-0.2, 0) is 0 Å². The molecule has 0 aliphatic carbocycles. The number of anilines is 1. The van der Waals surface area contributed by atoms with Gasteiger partial charge in [-0.15, -0.1) is 0 Å². The monoisotopic (exact) mass is 331 g/mol. The zero-order chi connectivity index (χ0) is 13.4. The second kappa shape index (κ2) is 4.86. The Morgan fingerprint density at radius 3 is 2.28 bits per heavy atom. The highest BCUT2D eigenvalue weighted by Gasteiger charge is 2.14. The number of benzene rings is 2. The lowest BCUT2D eigenvalue weighted by molar-refractivity contribution is 0.625. The molecule has 2 aromatic rings. The molecule has 2 N–H and O–H groups in total. The SMILES string of the molecule is Cc1c(N)cc(F)cc1-c1cc(F)cc(Br)c1Cl. The summed E-state index contributed by atoms with van der Waals surface area (Å²) < 4.78 is 27.2. The first-order chi connectivity index (χ1) is 8.40. The van der Waals surface area contributed by atoms with E-state index >= 15 is 0 Å². The van der Waals surface area contributed by atoms with Gasteiger partial charge in [-0.2, -0.15) is 0 Å². The van der Waals surface area contributed by atoms with Crippen molar-refractivity contribution in [3.05, 3.63) is 51.0 Å². The third-order valence-electron chi connectivity index (χ3n) is 2.70. The van der Waals surface area contributed by atoms with Crippen molar-refractivity contribution in [2.45, 2.75) is 6.92 Å². The zero-order valence-electron chi connectivity index (χ0n) is 9.40. The van der Waals surface area contributed by atoms with Gasteiger partial charge in [0.25, 0.3) is 0 Å². The Balaban J connectivity index is 2.77. The van der Waals surface area contributed by atoms with E-state index in [0.717, 1.165) is 0 Å². The van der Waals surface area contributed by atoms with E-state index in [4.69, 9.17) is 17.3 Å². The first-order valence-corrected chi connectivity index (χ1v) is 6.27. The van der Waals surface area contributed by atoms with E-state index in [1.54, 1.807) is 6.92 Å². The predicted molar refractivity (Wildman–Crippen MR) is 73.7 cm³/mol. The van der Waals surface area contributed by atoms with Gasteiger partial charge in [0.15, 0.2) is 0 Å². The van der Waals surface area contributed by atoms with Gasteiger partial charge in [0.05, 0.1) is 5.02 Å². The summed E-state index contributed by atoms with van der Waals surface area (Å²) in [4.78, 5) is 0. The van der Waals surface area contributed by atoms with Crippen LogP contribution in [0.15, 0.2) is 28.7 Å². The first kappa shape index (κ1) is 13.3. The summed E-state index contributed by atoms with van der Waals surface area (Å²) in [6.07, 6.45) is 0. The lowest BCUT2D eigenvalue weighted by Gasteiger charge is -2.12. The smallest absolute Gasteiger partial charge is 0.125 e. The largest absolute Gasteiger partial charge is 0.398 e. The second-order valence-electron chi connectivity index (χ2n) is 3.92. The van der Waals surface area contributed by atoms with E-state index in [0.29, 0.717) is 31.9 Å². The molecule has 0 amide bonds. The molecule has 0 aliphatic heterocycles. The molecule has 0 saturated carbocycles. The molecule has 0 saturated heterocycles. The summed E-state index contributed by atoms with van der Waals surface area (Å²) in [5.41, 5.74) is 7.56. The second-order valence-corrected chi connectivity index (χ2v) is 5.15. The van der Waals surface area contributed by atoms with Crippen LogP contribution in [0, 0.1) is 18.6 Å². The van der Waals surface area contributed by atoms with Crippen LogP contribution in [0.1, 0.15) is 5.56 Å². The highest BCUT2D eigenvalue weighted by molar-refractivity contribution is 9.10. The van der Waals surface area contributed by atoms with E-state index in [-0.39, 0.29) is 0 Å². The molecule has 0 aromatic heterocycles. The fourth-order valence-electron chi connectivity index (χ4n) is 1.73. The molecule has 0 aliphatic rings. The van der Waals surface area contributed by atoms with E-state index in [2.05, 4.69) is 15.9 Å². The Morgan fingerprint density at radius 1 is 1.06 bits per heavy atom. The van der Waals surface area contributed by atoms with Crippen LogP contribution >= 0.6 is 27.5 Å². The molecule has 2 aromatic carbocycles. The van der Waals surface area contributed by atoms with Gasteiger partial charge >= 0.3 is 0 Å². The maximum absolute atomic E-state index is 13.4. The molecule has 1 nitrogen and oxygen atoms in total. The lowest BCUT2D eigenvalue weighted by Crippen LogP contribution is -1.95. The van der Waals surface area contributed by atoms with Gasteiger partial charge in [0, 0.05) is 15.7 Å². The minimum atomic E-state index is -0.482.